The SMILES string of the molecule is O=C(CSc1nnc([C@H]2COc3ccccc3O2)o1)N[C@@H]1CCCc2ccccc21. The lowest BCUT2D eigenvalue weighted by Gasteiger charge is -2.26. The lowest BCUT2D eigenvalue weighted by Crippen LogP contribution is -2.32. The normalized spacial score (nSPS) is 19.7. The first-order chi connectivity index (χ1) is 14.8. The molecule has 3 aromatic rings. The highest BCUT2D eigenvalue weighted by molar-refractivity contribution is 7.99. The van der Waals surface area contributed by atoms with E-state index in [1.807, 2.05) is 36.4 Å². The molecule has 1 N–H and O–H groups in total. The first-order valence-electron chi connectivity index (χ1n) is 9.98. The van der Waals surface area contributed by atoms with Gasteiger partial charge in [0, 0.05) is 0 Å². The van der Waals surface area contributed by atoms with Crippen LogP contribution in [0.5, 0.6) is 11.5 Å². The standard InChI is InChI=1S/C22H21N3O4S/c26-20(23-16-9-5-7-14-6-1-2-8-15(14)16)13-30-22-25-24-21(29-22)19-12-27-17-10-3-4-11-18(17)28-19/h1-4,6,8,10-11,16,19H,5,7,9,12-13H2,(H,23,26)/t16-,19-/m1/s1. The Kier molecular flexibility index (Phi) is 5.31. The van der Waals surface area contributed by atoms with Gasteiger partial charge in [0.25, 0.3) is 11.1 Å². The van der Waals surface area contributed by atoms with Gasteiger partial charge in [-0.05, 0) is 42.5 Å². The molecule has 0 spiro atoms. The summed E-state index contributed by atoms with van der Waals surface area (Å²) in [5.74, 6) is 1.85. The van der Waals surface area contributed by atoms with E-state index < -0.39 is 6.10 Å². The van der Waals surface area contributed by atoms with Gasteiger partial charge in [-0.1, -0.05) is 48.2 Å². The molecule has 0 saturated heterocycles. The third-order valence-corrected chi connectivity index (χ3v) is 6.06. The Balaban J connectivity index is 1.16. The maximum Gasteiger partial charge on any atom is 0.277 e. The van der Waals surface area contributed by atoms with E-state index in [2.05, 4.69) is 27.6 Å². The van der Waals surface area contributed by atoms with Crippen LogP contribution in [0.1, 0.15) is 42.0 Å². The van der Waals surface area contributed by atoms with Crippen LogP contribution in [0.2, 0.25) is 0 Å². The van der Waals surface area contributed by atoms with Crippen LogP contribution in [0.3, 0.4) is 0 Å². The van der Waals surface area contributed by atoms with E-state index in [1.165, 1.54) is 22.9 Å². The van der Waals surface area contributed by atoms with Crippen molar-refractivity contribution in [3.63, 3.8) is 0 Å². The van der Waals surface area contributed by atoms with E-state index in [1.54, 1.807) is 0 Å². The molecule has 154 valence electrons. The number of nitrogens with one attached hydrogen (secondary N) is 1. The van der Waals surface area contributed by atoms with E-state index in [4.69, 9.17) is 13.9 Å². The Hall–Kier alpha value is -3.00. The number of rotatable bonds is 5. The molecule has 2 aromatic carbocycles. The Morgan fingerprint density at radius 1 is 1.10 bits per heavy atom. The number of fused-ring (bicyclic) bond motifs is 2. The summed E-state index contributed by atoms with van der Waals surface area (Å²) in [6, 6.07) is 15.8. The minimum atomic E-state index is -0.464. The van der Waals surface area contributed by atoms with Crippen LogP contribution in [0.25, 0.3) is 0 Å². The van der Waals surface area contributed by atoms with Gasteiger partial charge in [0.05, 0.1) is 11.8 Å². The summed E-state index contributed by atoms with van der Waals surface area (Å²) in [7, 11) is 0. The van der Waals surface area contributed by atoms with Crippen molar-refractivity contribution in [2.75, 3.05) is 12.4 Å². The summed E-state index contributed by atoms with van der Waals surface area (Å²) in [5, 5.41) is 11.6. The van der Waals surface area contributed by atoms with E-state index >= 15 is 0 Å². The van der Waals surface area contributed by atoms with Crippen molar-refractivity contribution in [2.45, 2.75) is 36.6 Å². The van der Waals surface area contributed by atoms with Gasteiger partial charge in [-0.25, -0.2) is 0 Å². The molecule has 0 fully saturated rings. The summed E-state index contributed by atoms with van der Waals surface area (Å²) in [6.07, 6.45) is 2.64. The molecular weight excluding hydrogens is 402 g/mol. The second-order valence-corrected chi connectivity index (χ2v) is 8.20. The molecule has 5 rings (SSSR count). The Bertz CT molecular complexity index is 1050. The van der Waals surface area contributed by atoms with Crippen molar-refractivity contribution in [1.82, 2.24) is 15.5 Å². The maximum absolute atomic E-state index is 12.5. The number of ether oxygens (including phenoxy) is 2. The number of carbonyl (C=O) groups is 1. The predicted octanol–water partition coefficient (Wildman–Crippen LogP) is 3.87. The molecule has 0 bridgehead atoms. The highest BCUT2D eigenvalue weighted by Gasteiger charge is 2.27. The monoisotopic (exact) mass is 423 g/mol. The van der Waals surface area contributed by atoms with Gasteiger partial charge in [0.1, 0.15) is 6.61 Å². The van der Waals surface area contributed by atoms with Gasteiger partial charge in [-0.2, -0.15) is 0 Å². The molecule has 1 aromatic heterocycles. The number of aromatic nitrogens is 2. The number of hydrogen-bond acceptors (Lipinski definition) is 7. The second-order valence-electron chi connectivity index (χ2n) is 7.27. The van der Waals surface area contributed by atoms with Crippen molar-refractivity contribution in [2.24, 2.45) is 0 Å². The first-order valence-corrected chi connectivity index (χ1v) is 11.0. The molecular formula is C22H21N3O4S. The van der Waals surface area contributed by atoms with E-state index in [9.17, 15) is 4.79 Å². The van der Waals surface area contributed by atoms with Crippen LogP contribution >= 0.6 is 11.8 Å². The number of thioether (sulfide) groups is 1. The quantitative estimate of drug-likeness (QED) is 0.624. The topological polar surface area (TPSA) is 86.5 Å². The van der Waals surface area contributed by atoms with Crippen LogP contribution < -0.4 is 14.8 Å². The predicted molar refractivity (Wildman–Crippen MR) is 111 cm³/mol. The van der Waals surface area contributed by atoms with Gasteiger partial charge in [-0.3, -0.25) is 4.79 Å². The molecule has 0 saturated carbocycles. The average molecular weight is 423 g/mol. The van der Waals surface area contributed by atoms with Crippen LogP contribution in [-0.2, 0) is 11.2 Å². The molecule has 0 unspecified atom stereocenters. The maximum atomic E-state index is 12.5. The zero-order valence-electron chi connectivity index (χ0n) is 16.2. The molecule has 1 aliphatic carbocycles. The summed E-state index contributed by atoms with van der Waals surface area (Å²) >= 11 is 1.22. The van der Waals surface area contributed by atoms with Crippen molar-refractivity contribution < 1.29 is 18.7 Å². The number of nitrogens with zero attached hydrogens (tertiary/aromatic N) is 2. The lowest BCUT2D eigenvalue weighted by atomic mass is 9.88. The van der Waals surface area contributed by atoms with Crippen LogP contribution in [0.15, 0.2) is 58.2 Å². The van der Waals surface area contributed by atoms with Gasteiger partial charge >= 0.3 is 0 Å². The number of amides is 1. The fourth-order valence-corrected chi connectivity index (χ4v) is 4.40. The van der Waals surface area contributed by atoms with Crippen LogP contribution in [0, 0.1) is 0 Å². The van der Waals surface area contributed by atoms with Crippen LogP contribution in [-0.4, -0.2) is 28.5 Å². The lowest BCUT2D eigenvalue weighted by molar-refractivity contribution is -0.119. The highest BCUT2D eigenvalue weighted by atomic mass is 32.2. The highest BCUT2D eigenvalue weighted by Crippen LogP contribution is 2.36. The molecule has 2 atom stereocenters. The fourth-order valence-electron chi connectivity index (χ4n) is 3.82. The van der Waals surface area contributed by atoms with Gasteiger partial charge in [0.2, 0.25) is 12.0 Å². The minimum absolute atomic E-state index is 0.0485. The van der Waals surface area contributed by atoms with Gasteiger partial charge < -0.3 is 19.2 Å². The Morgan fingerprint density at radius 2 is 1.93 bits per heavy atom. The summed E-state index contributed by atoms with van der Waals surface area (Å²) < 4.78 is 17.3. The van der Waals surface area contributed by atoms with Crippen molar-refractivity contribution in [1.29, 1.82) is 0 Å². The number of hydrogen-bond donors (Lipinski definition) is 1. The van der Waals surface area contributed by atoms with Gasteiger partial charge in [0.15, 0.2) is 11.5 Å². The average Bonchev–Trinajstić information content (AvgIpc) is 3.27. The van der Waals surface area contributed by atoms with Crippen molar-refractivity contribution in [3.8, 4) is 11.5 Å². The molecule has 8 heteroatoms. The van der Waals surface area contributed by atoms with E-state index in [-0.39, 0.29) is 17.7 Å². The van der Waals surface area contributed by atoms with Crippen molar-refractivity contribution in [3.05, 3.63) is 65.5 Å². The number of aryl methyl sites for hydroxylation is 1. The fraction of sp³-hybridized carbons (Fsp3) is 0.318. The zero-order chi connectivity index (χ0) is 20.3. The molecule has 1 aliphatic heterocycles. The molecule has 2 heterocycles. The number of para-hydroxylation sites is 2. The third-order valence-electron chi connectivity index (χ3n) is 5.24. The minimum Gasteiger partial charge on any atom is -0.485 e. The number of benzene rings is 2. The van der Waals surface area contributed by atoms with Crippen LogP contribution in [0.4, 0.5) is 0 Å². The molecule has 0 radical (unpaired) electrons. The molecule has 30 heavy (non-hydrogen) atoms. The third kappa shape index (κ3) is 4.00. The van der Waals surface area contributed by atoms with E-state index in [0.29, 0.717) is 29.2 Å². The Labute approximate surface area is 178 Å². The molecule has 7 nitrogen and oxygen atoms in total. The second kappa shape index (κ2) is 8.39. The molecule has 2 aliphatic rings. The summed E-state index contributed by atoms with van der Waals surface area (Å²) in [5.41, 5.74) is 2.54. The van der Waals surface area contributed by atoms with Gasteiger partial charge in [-0.15, -0.1) is 10.2 Å². The zero-order valence-corrected chi connectivity index (χ0v) is 17.1. The smallest absolute Gasteiger partial charge is 0.277 e. The largest absolute Gasteiger partial charge is 0.485 e. The number of carbonyl (C=O) groups excluding carboxylic acids is 1. The summed E-state index contributed by atoms with van der Waals surface area (Å²) in [6.45, 7) is 0.297. The first kappa shape index (κ1) is 19.0. The Morgan fingerprint density at radius 3 is 2.87 bits per heavy atom. The van der Waals surface area contributed by atoms with E-state index in [0.717, 1.165) is 19.3 Å². The summed E-state index contributed by atoms with van der Waals surface area (Å²) in [4.78, 5) is 12.5. The molecule has 1 amide bonds. The van der Waals surface area contributed by atoms with Crippen molar-refractivity contribution >= 4 is 17.7 Å².